The third-order valence-electron chi connectivity index (χ3n) is 3.61. The fourth-order valence-electron chi connectivity index (χ4n) is 2.70. The van der Waals surface area contributed by atoms with Crippen LogP contribution in [0.2, 0.25) is 5.02 Å². The Kier molecular flexibility index (Phi) is 3.80. The molecule has 0 amide bonds. The molecule has 1 aliphatic rings. The number of hydrogen-bond donors (Lipinski definition) is 1. The van der Waals surface area contributed by atoms with Gasteiger partial charge in [0, 0.05) is 0 Å². The summed E-state index contributed by atoms with van der Waals surface area (Å²) >= 11 is 6.28. The topological polar surface area (TPSA) is 63.6 Å². The Balaban J connectivity index is 2.75. The first kappa shape index (κ1) is 13.9. The molecule has 0 saturated carbocycles. The second kappa shape index (κ2) is 5.21. The number of ether oxygens (including phenoxy) is 1. The predicted molar refractivity (Wildman–Crippen MR) is 71.3 cm³/mol. The number of rotatable bonds is 3. The van der Waals surface area contributed by atoms with Crippen LogP contribution >= 0.6 is 11.6 Å². The molecule has 0 fully saturated rings. The van der Waals surface area contributed by atoms with Crippen LogP contribution in [0.3, 0.4) is 0 Å². The first-order valence-electron chi connectivity index (χ1n) is 6.14. The quantitative estimate of drug-likeness (QED) is 0.684. The third kappa shape index (κ3) is 2.21. The molecule has 0 aliphatic heterocycles. The number of halogens is 1. The van der Waals surface area contributed by atoms with Gasteiger partial charge in [0.1, 0.15) is 5.75 Å². The highest BCUT2D eigenvalue weighted by atomic mass is 35.5. The molecule has 0 unspecified atom stereocenters. The van der Waals surface area contributed by atoms with E-state index in [-0.39, 0.29) is 11.3 Å². The van der Waals surface area contributed by atoms with Crippen molar-refractivity contribution in [3.8, 4) is 5.75 Å². The molecule has 5 heteroatoms. The minimum absolute atomic E-state index is 0.0839. The van der Waals surface area contributed by atoms with Crippen LogP contribution in [0.1, 0.15) is 39.9 Å². The number of benzene rings is 1. The Morgan fingerprint density at radius 1 is 1.21 bits per heavy atom. The van der Waals surface area contributed by atoms with Crippen molar-refractivity contribution in [2.45, 2.75) is 32.6 Å². The summed E-state index contributed by atoms with van der Waals surface area (Å²) in [5, 5.41) is 9.31. The highest BCUT2D eigenvalue weighted by Gasteiger charge is 2.29. The molecule has 0 heterocycles. The number of ketones is 1. The Bertz CT molecular complexity index is 563. The van der Waals surface area contributed by atoms with E-state index in [2.05, 4.69) is 0 Å². The highest BCUT2D eigenvalue weighted by molar-refractivity contribution is 6.42. The van der Waals surface area contributed by atoms with Gasteiger partial charge in [0.25, 0.3) is 5.78 Å². The summed E-state index contributed by atoms with van der Waals surface area (Å²) < 4.78 is 5.18. The molecule has 0 bridgehead atoms. The number of aliphatic carboxylic acids is 1. The Morgan fingerprint density at radius 2 is 1.79 bits per heavy atom. The van der Waals surface area contributed by atoms with Gasteiger partial charge in [-0.1, -0.05) is 11.6 Å². The standard InChI is InChI=1S/C14H15ClO4/c1-7-8-5-3-4-6-9(8)11(15)13(19-2)10(7)12(16)14(17)18/h3-6H2,1-2H3,(H,17,18). The van der Waals surface area contributed by atoms with E-state index in [1.807, 2.05) is 0 Å². The molecule has 102 valence electrons. The Hall–Kier alpha value is -1.55. The lowest BCUT2D eigenvalue weighted by atomic mass is 9.85. The first-order chi connectivity index (χ1) is 8.99. The summed E-state index contributed by atoms with van der Waals surface area (Å²) in [6, 6.07) is 0. The van der Waals surface area contributed by atoms with Gasteiger partial charge in [-0.2, -0.15) is 0 Å². The van der Waals surface area contributed by atoms with E-state index < -0.39 is 11.8 Å². The second-order valence-electron chi connectivity index (χ2n) is 4.65. The summed E-state index contributed by atoms with van der Waals surface area (Å²) in [7, 11) is 1.40. The molecule has 0 atom stereocenters. The third-order valence-corrected chi connectivity index (χ3v) is 4.01. The fraction of sp³-hybridized carbons (Fsp3) is 0.429. The van der Waals surface area contributed by atoms with Crippen LogP contribution in [0.5, 0.6) is 5.75 Å². The smallest absolute Gasteiger partial charge is 0.377 e. The van der Waals surface area contributed by atoms with Crippen LogP contribution in [0.25, 0.3) is 0 Å². The normalized spacial score (nSPS) is 13.8. The maximum absolute atomic E-state index is 11.8. The first-order valence-corrected chi connectivity index (χ1v) is 6.52. The van der Waals surface area contributed by atoms with Gasteiger partial charge < -0.3 is 9.84 Å². The zero-order valence-corrected chi connectivity index (χ0v) is 11.6. The molecule has 0 spiro atoms. The van der Waals surface area contributed by atoms with Crippen LogP contribution in [0.4, 0.5) is 0 Å². The zero-order valence-electron chi connectivity index (χ0n) is 10.9. The molecule has 1 N–H and O–H groups in total. The summed E-state index contributed by atoms with van der Waals surface area (Å²) in [5.74, 6) is -2.27. The zero-order chi connectivity index (χ0) is 14.2. The monoisotopic (exact) mass is 282 g/mol. The molecule has 4 nitrogen and oxygen atoms in total. The molecule has 1 aliphatic carbocycles. The van der Waals surface area contributed by atoms with Crippen molar-refractivity contribution in [2.75, 3.05) is 7.11 Å². The lowest BCUT2D eigenvalue weighted by Crippen LogP contribution is -2.19. The predicted octanol–water partition coefficient (Wildman–Crippen LogP) is 2.80. The average Bonchev–Trinajstić information content (AvgIpc) is 2.41. The van der Waals surface area contributed by atoms with Gasteiger partial charge in [-0.05, 0) is 49.3 Å². The van der Waals surface area contributed by atoms with Gasteiger partial charge in [0.05, 0.1) is 17.7 Å². The van der Waals surface area contributed by atoms with E-state index in [0.717, 1.165) is 36.8 Å². The van der Waals surface area contributed by atoms with E-state index >= 15 is 0 Å². The molecular formula is C14H15ClO4. The van der Waals surface area contributed by atoms with E-state index in [0.29, 0.717) is 10.6 Å². The number of hydrogen-bond acceptors (Lipinski definition) is 3. The van der Waals surface area contributed by atoms with Crippen LogP contribution in [0, 0.1) is 6.92 Å². The maximum atomic E-state index is 11.8. The van der Waals surface area contributed by atoms with Gasteiger partial charge in [0.15, 0.2) is 0 Å². The van der Waals surface area contributed by atoms with Crippen LogP contribution in [0.15, 0.2) is 0 Å². The fourth-order valence-corrected chi connectivity index (χ4v) is 3.08. The number of carboxylic acid groups (broad SMARTS) is 1. The number of fused-ring (bicyclic) bond motifs is 1. The maximum Gasteiger partial charge on any atom is 0.377 e. The van der Waals surface area contributed by atoms with Crippen LogP contribution in [-0.4, -0.2) is 24.0 Å². The van der Waals surface area contributed by atoms with Crippen molar-refractivity contribution in [1.29, 1.82) is 0 Å². The minimum atomic E-state index is -1.49. The largest absolute Gasteiger partial charge is 0.494 e. The molecule has 1 aromatic carbocycles. The lowest BCUT2D eigenvalue weighted by Gasteiger charge is -2.23. The van der Waals surface area contributed by atoms with Crippen molar-refractivity contribution in [3.63, 3.8) is 0 Å². The lowest BCUT2D eigenvalue weighted by molar-refractivity contribution is -0.131. The molecular weight excluding hydrogens is 268 g/mol. The van der Waals surface area contributed by atoms with Gasteiger partial charge >= 0.3 is 5.97 Å². The van der Waals surface area contributed by atoms with Crippen molar-refractivity contribution in [3.05, 3.63) is 27.3 Å². The van der Waals surface area contributed by atoms with E-state index in [9.17, 15) is 9.59 Å². The molecule has 19 heavy (non-hydrogen) atoms. The summed E-state index contributed by atoms with van der Waals surface area (Å²) in [4.78, 5) is 22.8. The number of carbonyl (C=O) groups is 2. The van der Waals surface area contributed by atoms with Crippen molar-refractivity contribution >= 4 is 23.4 Å². The molecule has 2 rings (SSSR count). The van der Waals surface area contributed by atoms with E-state index in [1.165, 1.54) is 7.11 Å². The Morgan fingerprint density at radius 3 is 2.32 bits per heavy atom. The number of carbonyl (C=O) groups excluding carboxylic acids is 1. The summed E-state index contributed by atoms with van der Waals surface area (Å²) in [6.45, 7) is 1.76. The second-order valence-corrected chi connectivity index (χ2v) is 5.02. The Labute approximate surface area is 116 Å². The highest BCUT2D eigenvalue weighted by Crippen LogP contribution is 2.41. The summed E-state index contributed by atoms with van der Waals surface area (Å²) in [6.07, 6.45) is 3.73. The molecule has 0 saturated heterocycles. The van der Waals surface area contributed by atoms with Crippen LogP contribution in [-0.2, 0) is 17.6 Å². The summed E-state index contributed by atoms with van der Waals surface area (Å²) in [5.41, 5.74) is 2.76. The van der Waals surface area contributed by atoms with Gasteiger partial charge in [0.2, 0.25) is 0 Å². The minimum Gasteiger partial charge on any atom is -0.494 e. The van der Waals surface area contributed by atoms with Crippen molar-refractivity contribution in [2.24, 2.45) is 0 Å². The molecule has 1 aromatic rings. The number of carboxylic acids is 1. The molecule has 0 radical (unpaired) electrons. The van der Waals surface area contributed by atoms with Crippen LogP contribution < -0.4 is 4.74 Å². The number of methoxy groups -OCH3 is 1. The van der Waals surface area contributed by atoms with Crippen molar-refractivity contribution in [1.82, 2.24) is 0 Å². The van der Waals surface area contributed by atoms with Gasteiger partial charge in [-0.15, -0.1) is 0 Å². The van der Waals surface area contributed by atoms with Gasteiger partial charge in [-0.3, -0.25) is 4.79 Å². The van der Waals surface area contributed by atoms with E-state index in [4.69, 9.17) is 21.4 Å². The van der Waals surface area contributed by atoms with E-state index in [1.54, 1.807) is 6.92 Å². The van der Waals surface area contributed by atoms with Gasteiger partial charge in [-0.25, -0.2) is 4.79 Å². The molecule has 0 aromatic heterocycles. The average molecular weight is 283 g/mol. The number of Topliss-reactive ketones (excluding diaryl/α,β-unsaturated/α-hetero) is 1. The SMILES string of the molecule is COc1c(Cl)c2c(c(C)c1C(=O)C(=O)O)CCCC2. The van der Waals surface area contributed by atoms with Crippen molar-refractivity contribution < 1.29 is 19.4 Å².